The molecule has 0 fully saturated rings. The van der Waals surface area contributed by atoms with Crippen molar-refractivity contribution in [3.05, 3.63) is 34.6 Å². The Bertz CT molecular complexity index is 645. The van der Waals surface area contributed by atoms with Gasteiger partial charge in [-0.2, -0.15) is 5.26 Å². The number of carboxylic acid groups (broad SMARTS) is 1. The predicted molar refractivity (Wildman–Crippen MR) is 66.0 cm³/mol. The van der Waals surface area contributed by atoms with Crippen molar-refractivity contribution in [3.63, 3.8) is 0 Å². The van der Waals surface area contributed by atoms with E-state index in [1.807, 2.05) is 6.07 Å². The number of thiazole rings is 1. The minimum absolute atomic E-state index is 0.0401. The lowest BCUT2D eigenvalue weighted by molar-refractivity contribution is 0.0692. The Labute approximate surface area is 107 Å². The van der Waals surface area contributed by atoms with Crippen LogP contribution in [0, 0.1) is 18.3 Å². The number of pyridine rings is 1. The summed E-state index contributed by atoms with van der Waals surface area (Å²) in [6.45, 7) is 1.72. The summed E-state index contributed by atoms with van der Waals surface area (Å²) in [5.41, 5.74) is 0.410. The molecule has 0 bridgehead atoms. The van der Waals surface area contributed by atoms with Gasteiger partial charge in [0.05, 0.1) is 16.6 Å². The predicted octanol–water partition coefficient (Wildman–Crippen LogP) is 2.16. The van der Waals surface area contributed by atoms with E-state index in [1.54, 1.807) is 19.1 Å². The highest BCUT2D eigenvalue weighted by Gasteiger charge is 2.16. The summed E-state index contributed by atoms with van der Waals surface area (Å²) in [6.07, 6.45) is 1.48. The van der Waals surface area contributed by atoms with Gasteiger partial charge in [-0.05, 0) is 19.1 Å². The van der Waals surface area contributed by atoms with E-state index in [-0.39, 0.29) is 5.69 Å². The van der Waals surface area contributed by atoms with Gasteiger partial charge in [-0.15, -0.1) is 11.3 Å². The molecule has 0 aromatic carbocycles. The van der Waals surface area contributed by atoms with Crippen molar-refractivity contribution in [2.24, 2.45) is 0 Å². The number of nitrogens with zero attached hydrogens (tertiary/aromatic N) is 3. The van der Waals surface area contributed by atoms with E-state index in [0.29, 0.717) is 21.4 Å². The Morgan fingerprint density at radius 3 is 3.06 bits per heavy atom. The molecule has 2 rings (SSSR count). The average molecular weight is 260 g/mol. The summed E-state index contributed by atoms with van der Waals surface area (Å²) in [5.74, 6) is -0.682. The van der Waals surface area contributed by atoms with Crippen LogP contribution in [0.4, 0.5) is 10.8 Å². The first-order valence-electron chi connectivity index (χ1n) is 4.94. The van der Waals surface area contributed by atoms with Gasteiger partial charge in [0.1, 0.15) is 10.8 Å². The number of aromatic nitrogens is 2. The molecule has 90 valence electrons. The Morgan fingerprint density at radius 1 is 1.61 bits per heavy atom. The van der Waals surface area contributed by atoms with E-state index in [1.165, 1.54) is 17.5 Å². The van der Waals surface area contributed by atoms with Crippen LogP contribution < -0.4 is 5.32 Å². The summed E-state index contributed by atoms with van der Waals surface area (Å²) < 4.78 is 0. The van der Waals surface area contributed by atoms with Gasteiger partial charge in [0, 0.05) is 6.20 Å². The van der Waals surface area contributed by atoms with Gasteiger partial charge < -0.3 is 10.4 Å². The van der Waals surface area contributed by atoms with Crippen LogP contribution in [0.2, 0.25) is 0 Å². The number of nitriles is 1. The Kier molecular flexibility index (Phi) is 3.21. The third-order valence-electron chi connectivity index (χ3n) is 2.07. The minimum atomic E-state index is -1.10. The molecule has 0 unspecified atom stereocenters. The van der Waals surface area contributed by atoms with Crippen LogP contribution in [-0.2, 0) is 0 Å². The van der Waals surface area contributed by atoms with Crippen molar-refractivity contribution < 1.29 is 9.90 Å². The van der Waals surface area contributed by atoms with Gasteiger partial charge in [-0.3, -0.25) is 0 Å². The second kappa shape index (κ2) is 4.81. The molecule has 2 aromatic rings. The number of aryl methyl sites for hydroxylation is 1. The van der Waals surface area contributed by atoms with Crippen molar-refractivity contribution in [1.82, 2.24) is 9.97 Å². The molecule has 0 amide bonds. The minimum Gasteiger partial charge on any atom is -0.476 e. The molecule has 2 N–H and O–H groups in total. The number of anilines is 2. The first-order chi connectivity index (χ1) is 8.60. The lowest BCUT2D eigenvalue weighted by Gasteiger charge is -2.03. The fourth-order valence-corrected chi connectivity index (χ4v) is 2.16. The third-order valence-corrected chi connectivity index (χ3v) is 2.95. The zero-order valence-electron chi connectivity index (χ0n) is 9.34. The van der Waals surface area contributed by atoms with Gasteiger partial charge in [0.15, 0.2) is 5.69 Å². The maximum absolute atomic E-state index is 11.0. The molecular formula is C11H8N4O2S. The summed E-state index contributed by atoms with van der Waals surface area (Å²) in [5, 5.41) is 21.7. The smallest absolute Gasteiger partial charge is 0.357 e. The van der Waals surface area contributed by atoms with Gasteiger partial charge in [0.25, 0.3) is 0 Å². The van der Waals surface area contributed by atoms with Crippen molar-refractivity contribution >= 4 is 28.1 Å². The van der Waals surface area contributed by atoms with Crippen molar-refractivity contribution in [3.8, 4) is 6.07 Å². The molecule has 0 aliphatic carbocycles. The second-order valence-electron chi connectivity index (χ2n) is 3.38. The third kappa shape index (κ3) is 2.44. The molecule has 2 aromatic heterocycles. The average Bonchev–Trinajstić information content (AvgIpc) is 2.70. The maximum atomic E-state index is 11.0. The first-order valence-corrected chi connectivity index (χ1v) is 5.75. The Hall–Kier alpha value is -2.46. The van der Waals surface area contributed by atoms with Crippen LogP contribution in [0.15, 0.2) is 18.3 Å². The zero-order valence-corrected chi connectivity index (χ0v) is 10.2. The highest BCUT2D eigenvalue weighted by Crippen LogP contribution is 2.27. The van der Waals surface area contributed by atoms with Crippen molar-refractivity contribution in [1.29, 1.82) is 5.26 Å². The number of rotatable bonds is 3. The monoisotopic (exact) mass is 260 g/mol. The van der Waals surface area contributed by atoms with E-state index in [4.69, 9.17) is 10.4 Å². The SMILES string of the molecule is Cc1nc(C(=O)O)c(Nc2cc(C#N)ccn2)s1. The molecule has 0 radical (unpaired) electrons. The van der Waals surface area contributed by atoms with Gasteiger partial charge in [-0.1, -0.05) is 0 Å². The number of hydrogen-bond acceptors (Lipinski definition) is 6. The van der Waals surface area contributed by atoms with Crippen LogP contribution in [0.1, 0.15) is 21.1 Å². The van der Waals surface area contributed by atoms with Gasteiger partial charge >= 0.3 is 5.97 Å². The lowest BCUT2D eigenvalue weighted by Crippen LogP contribution is -2.02. The normalized spacial score (nSPS) is 9.78. The Morgan fingerprint density at radius 2 is 2.39 bits per heavy atom. The highest BCUT2D eigenvalue weighted by molar-refractivity contribution is 7.16. The summed E-state index contributed by atoms with van der Waals surface area (Å²) in [6, 6.07) is 5.10. The quantitative estimate of drug-likeness (QED) is 0.877. The molecule has 0 aliphatic heterocycles. The Balaban J connectivity index is 2.34. The molecule has 0 spiro atoms. The van der Waals surface area contributed by atoms with E-state index in [2.05, 4.69) is 15.3 Å². The van der Waals surface area contributed by atoms with Gasteiger partial charge in [-0.25, -0.2) is 14.8 Å². The molecule has 18 heavy (non-hydrogen) atoms. The summed E-state index contributed by atoms with van der Waals surface area (Å²) in [4.78, 5) is 18.9. The molecule has 6 nitrogen and oxygen atoms in total. The van der Waals surface area contributed by atoms with Crippen LogP contribution >= 0.6 is 11.3 Å². The van der Waals surface area contributed by atoms with E-state index < -0.39 is 5.97 Å². The standard InChI is InChI=1S/C11H8N4O2S/c1-6-14-9(11(16)17)10(18-6)15-8-4-7(5-12)2-3-13-8/h2-4H,1H3,(H,13,15)(H,16,17). The van der Waals surface area contributed by atoms with Crippen LogP contribution in [-0.4, -0.2) is 21.0 Å². The fourth-order valence-electron chi connectivity index (χ4n) is 1.34. The number of carbonyl (C=O) groups is 1. The highest BCUT2D eigenvalue weighted by atomic mass is 32.1. The second-order valence-corrected chi connectivity index (χ2v) is 4.59. The lowest BCUT2D eigenvalue weighted by atomic mass is 10.3. The molecule has 0 saturated carbocycles. The topological polar surface area (TPSA) is 98.9 Å². The zero-order chi connectivity index (χ0) is 13.1. The van der Waals surface area contributed by atoms with Crippen LogP contribution in [0.5, 0.6) is 0 Å². The maximum Gasteiger partial charge on any atom is 0.357 e. The van der Waals surface area contributed by atoms with Gasteiger partial charge in [0.2, 0.25) is 0 Å². The molecular weight excluding hydrogens is 252 g/mol. The first kappa shape index (κ1) is 12.0. The summed E-state index contributed by atoms with van der Waals surface area (Å²) >= 11 is 1.23. The van der Waals surface area contributed by atoms with Crippen LogP contribution in [0.3, 0.4) is 0 Å². The number of hydrogen-bond donors (Lipinski definition) is 2. The molecule has 0 saturated heterocycles. The largest absolute Gasteiger partial charge is 0.476 e. The number of aromatic carboxylic acids is 1. The van der Waals surface area contributed by atoms with Crippen molar-refractivity contribution in [2.45, 2.75) is 6.92 Å². The van der Waals surface area contributed by atoms with Crippen molar-refractivity contribution in [2.75, 3.05) is 5.32 Å². The molecule has 7 heteroatoms. The van der Waals surface area contributed by atoms with E-state index >= 15 is 0 Å². The van der Waals surface area contributed by atoms with Crippen LogP contribution in [0.25, 0.3) is 0 Å². The molecule has 0 atom stereocenters. The molecule has 2 heterocycles. The number of carboxylic acids is 1. The van der Waals surface area contributed by atoms with E-state index in [0.717, 1.165) is 0 Å². The number of nitrogens with one attached hydrogen (secondary N) is 1. The summed E-state index contributed by atoms with van der Waals surface area (Å²) in [7, 11) is 0. The fraction of sp³-hybridized carbons (Fsp3) is 0.0909. The van der Waals surface area contributed by atoms with E-state index in [9.17, 15) is 4.79 Å². The molecule has 0 aliphatic rings.